The van der Waals surface area contributed by atoms with Gasteiger partial charge in [-0.2, -0.15) is 0 Å². The molecule has 3 nitrogen and oxygen atoms in total. The summed E-state index contributed by atoms with van der Waals surface area (Å²) in [4.78, 5) is 4.79. The molecule has 1 aromatic rings. The molecule has 112 valence electrons. The molecule has 1 atom stereocenters. The van der Waals surface area contributed by atoms with Gasteiger partial charge in [-0.3, -0.25) is 4.90 Å². The van der Waals surface area contributed by atoms with Gasteiger partial charge < -0.3 is 10.6 Å². The number of rotatable bonds is 6. The lowest BCUT2D eigenvalue weighted by atomic mass is 9.99. The third-order valence-corrected chi connectivity index (χ3v) is 4.85. The Balaban J connectivity index is 2.24. The van der Waals surface area contributed by atoms with Crippen LogP contribution in [0.4, 0.5) is 5.69 Å². The zero-order valence-corrected chi connectivity index (χ0v) is 13.4. The Labute approximate surface area is 123 Å². The summed E-state index contributed by atoms with van der Waals surface area (Å²) in [5.74, 6) is 0. The Morgan fingerprint density at radius 1 is 1.30 bits per heavy atom. The first-order valence-corrected chi connectivity index (χ1v) is 7.88. The van der Waals surface area contributed by atoms with Crippen LogP contribution in [0.5, 0.6) is 0 Å². The van der Waals surface area contributed by atoms with Crippen LogP contribution in [0, 0.1) is 0 Å². The first-order valence-electron chi connectivity index (χ1n) is 7.88. The molecular formula is C17H29N3. The van der Waals surface area contributed by atoms with Gasteiger partial charge in [0.05, 0.1) is 0 Å². The average Bonchev–Trinajstić information content (AvgIpc) is 2.82. The van der Waals surface area contributed by atoms with Crippen molar-refractivity contribution in [3.05, 3.63) is 29.3 Å². The number of likely N-dealkylation sites (N-methyl/N-ethyl adjacent to an activating group) is 2. The van der Waals surface area contributed by atoms with E-state index in [0.29, 0.717) is 18.6 Å². The summed E-state index contributed by atoms with van der Waals surface area (Å²) in [6.45, 7) is 6.34. The molecule has 2 rings (SSSR count). The van der Waals surface area contributed by atoms with Crippen molar-refractivity contribution in [3.8, 4) is 0 Å². The van der Waals surface area contributed by atoms with E-state index in [-0.39, 0.29) is 0 Å². The van der Waals surface area contributed by atoms with Gasteiger partial charge in [-0.25, -0.2) is 0 Å². The lowest BCUT2D eigenvalue weighted by molar-refractivity contribution is 0.167. The predicted octanol–water partition coefficient (Wildman–Crippen LogP) is 2.80. The third kappa shape index (κ3) is 2.84. The second-order valence-corrected chi connectivity index (χ2v) is 5.95. The lowest BCUT2D eigenvalue weighted by Gasteiger charge is -2.34. The first kappa shape index (κ1) is 15.3. The molecule has 3 heteroatoms. The standard InChI is InChI=1S/C17H29N3/c1-5-15(6-2)20(4)17(12-18)13-7-8-16-14(11-13)9-10-19(16)3/h7-8,11,15,17H,5-6,9-10,12,18H2,1-4H3. The number of nitrogens with two attached hydrogens (primary N) is 1. The number of nitrogens with zero attached hydrogens (tertiary/aromatic N) is 2. The molecule has 20 heavy (non-hydrogen) atoms. The van der Waals surface area contributed by atoms with Crippen molar-refractivity contribution in [1.82, 2.24) is 4.90 Å². The van der Waals surface area contributed by atoms with Gasteiger partial charge in [-0.05, 0) is 43.5 Å². The van der Waals surface area contributed by atoms with Gasteiger partial charge in [0, 0.05) is 37.9 Å². The van der Waals surface area contributed by atoms with Gasteiger partial charge in [0.1, 0.15) is 0 Å². The van der Waals surface area contributed by atoms with Gasteiger partial charge >= 0.3 is 0 Å². The summed E-state index contributed by atoms with van der Waals surface area (Å²) >= 11 is 0. The van der Waals surface area contributed by atoms with Crippen molar-refractivity contribution < 1.29 is 0 Å². The molecule has 0 aliphatic carbocycles. The van der Waals surface area contributed by atoms with Crippen molar-refractivity contribution >= 4 is 5.69 Å². The summed E-state index contributed by atoms with van der Waals surface area (Å²) in [5, 5.41) is 0. The van der Waals surface area contributed by atoms with E-state index in [1.54, 1.807) is 0 Å². The topological polar surface area (TPSA) is 32.5 Å². The molecule has 1 unspecified atom stereocenters. The highest BCUT2D eigenvalue weighted by atomic mass is 15.2. The number of fused-ring (bicyclic) bond motifs is 1. The fourth-order valence-corrected chi connectivity index (χ4v) is 3.45. The molecule has 0 spiro atoms. The highest BCUT2D eigenvalue weighted by molar-refractivity contribution is 5.58. The zero-order valence-electron chi connectivity index (χ0n) is 13.4. The van der Waals surface area contributed by atoms with Crippen LogP contribution in [-0.4, -0.2) is 38.1 Å². The Hall–Kier alpha value is -1.06. The monoisotopic (exact) mass is 275 g/mol. The molecule has 0 saturated carbocycles. The molecule has 0 radical (unpaired) electrons. The van der Waals surface area contributed by atoms with Crippen LogP contribution >= 0.6 is 0 Å². The highest BCUT2D eigenvalue weighted by Gasteiger charge is 2.23. The van der Waals surface area contributed by atoms with E-state index in [0.717, 1.165) is 13.0 Å². The van der Waals surface area contributed by atoms with E-state index >= 15 is 0 Å². The first-order chi connectivity index (χ1) is 9.62. The van der Waals surface area contributed by atoms with Crippen LogP contribution in [0.1, 0.15) is 43.9 Å². The summed E-state index contributed by atoms with van der Waals surface area (Å²) in [6.07, 6.45) is 3.51. The van der Waals surface area contributed by atoms with Gasteiger partial charge in [-0.15, -0.1) is 0 Å². The fraction of sp³-hybridized carbons (Fsp3) is 0.647. The lowest BCUT2D eigenvalue weighted by Crippen LogP contribution is -2.38. The normalized spacial score (nSPS) is 16.1. The minimum atomic E-state index is 0.330. The number of benzene rings is 1. The van der Waals surface area contributed by atoms with Crippen LogP contribution in [-0.2, 0) is 6.42 Å². The van der Waals surface area contributed by atoms with Crippen molar-refractivity contribution in [2.75, 3.05) is 32.1 Å². The van der Waals surface area contributed by atoms with Crippen LogP contribution in [0.3, 0.4) is 0 Å². The molecule has 0 aromatic heterocycles. The van der Waals surface area contributed by atoms with Gasteiger partial charge in [0.2, 0.25) is 0 Å². The smallest absolute Gasteiger partial charge is 0.0470 e. The van der Waals surface area contributed by atoms with Crippen molar-refractivity contribution in [2.45, 2.75) is 45.2 Å². The van der Waals surface area contributed by atoms with Gasteiger partial charge in [0.15, 0.2) is 0 Å². The van der Waals surface area contributed by atoms with Crippen molar-refractivity contribution in [2.24, 2.45) is 5.73 Å². The van der Waals surface area contributed by atoms with E-state index in [1.165, 1.54) is 29.7 Å². The number of hydrogen-bond acceptors (Lipinski definition) is 3. The fourth-order valence-electron chi connectivity index (χ4n) is 3.45. The van der Waals surface area contributed by atoms with Crippen LogP contribution in [0.25, 0.3) is 0 Å². The SMILES string of the molecule is CCC(CC)N(C)C(CN)c1ccc2c(c1)CCN2C. The Kier molecular flexibility index (Phi) is 5.06. The van der Waals surface area contributed by atoms with Crippen LogP contribution in [0.2, 0.25) is 0 Å². The summed E-state index contributed by atoms with van der Waals surface area (Å²) in [7, 11) is 4.39. The van der Waals surface area contributed by atoms with E-state index < -0.39 is 0 Å². The molecule has 1 aliphatic heterocycles. The maximum atomic E-state index is 6.07. The Bertz CT molecular complexity index is 440. The summed E-state index contributed by atoms with van der Waals surface area (Å²) in [5.41, 5.74) is 10.3. The predicted molar refractivity (Wildman–Crippen MR) is 87.3 cm³/mol. The Morgan fingerprint density at radius 2 is 2.00 bits per heavy atom. The number of anilines is 1. The summed E-state index contributed by atoms with van der Waals surface area (Å²) in [6, 6.07) is 7.84. The number of hydrogen-bond donors (Lipinski definition) is 1. The Morgan fingerprint density at radius 3 is 2.60 bits per heavy atom. The van der Waals surface area contributed by atoms with E-state index in [1.807, 2.05) is 0 Å². The molecular weight excluding hydrogens is 246 g/mol. The van der Waals surface area contributed by atoms with Crippen molar-refractivity contribution in [1.29, 1.82) is 0 Å². The molecule has 2 N–H and O–H groups in total. The molecule has 0 fully saturated rings. The summed E-state index contributed by atoms with van der Waals surface area (Å²) < 4.78 is 0. The second-order valence-electron chi connectivity index (χ2n) is 5.95. The molecule has 0 amide bonds. The minimum Gasteiger partial charge on any atom is -0.374 e. The largest absolute Gasteiger partial charge is 0.374 e. The van der Waals surface area contributed by atoms with Gasteiger partial charge in [-0.1, -0.05) is 26.0 Å². The molecule has 1 aromatic carbocycles. The maximum absolute atomic E-state index is 6.07. The van der Waals surface area contributed by atoms with Crippen LogP contribution in [0.15, 0.2) is 18.2 Å². The van der Waals surface area contributed by atoms with E-state index in [4.69, 9.17) is 5.73 Å². The molecule has 0 saturated heterocycles. The zero-order chi connectivity index (χ0) is 14.7. The third-order valence-electron chi connectivity index (χ3n) is 4.85. The molecule has 1 aliphatic rings. The highest BCUT2D eigenvalue weighted by Crippen LogP contribution is 2.31. The quantitative estimate of drug-likeness (QED) is 0.866. The van der Waals surface area contributed by atoms with Gasteiger partial charge in [0.25, 0.3) is 0 Å². The second kappa shape index (κ2) is 6.59. The van der Waals surface area contributed by atoms with Crippen molar-refractivity contribution in [3.63, 3.8) is 0 Å². The average molecular weight is 275 g/mol. The van der Waals surface area contributed by atoms with E-state index in [2.05, 4.69) is 55.9 Å². The minimum absolute atomic E-state index is 0.330. The molecule has 1 heterocycles. The van der Waals surface area contributed by atoms with Crippen LogP contribution < -0.4 is 10.6 Å². The maximum Gasteiger partial charge on any atom is 0.0470 e. The van der Waals surface area contributed by atoms with E-state index in [9.17, 15) is 0 Å². The molecule has 0 bridgehead atoms.